The summed E-state index contributed by atoms with van der Waals surface area (Å²) in [7, 11) is 0. The minimum atomic E-state index is -0.0397. The van der Waals surface area contributed by atoms with Gasteiger partial charge in [-0.05, 0) is 56.3 Å². The van der Waals surface area contributed by atoms with E-state index in [1.807, 2.05) is 30.0 Å². The van der Waals surface area contributed by atoms with Crippen LogP contribution in [0.4, 0.5) is 5.69 Å². The number of carbonyl (C=O) groups is 2. The molecular weight excluding hydrogens is 338 g/mol. The zero-order valence-corrected chi connectivity index (χ0v) is 15.6. The van der Waals surface area contributed by atoms with Gasteiger partial charge in [0.1, 0.15) is 0 Å². The number of anilines is 1. The highest BCUT2D eigenvalue weighted by Gasteiger charge is 2.26. The van der Waals surface area contributed by atoms with E-state index >= 15 is 0 Å². The summed E-state index contributed by atoms with van der Waals surface area (Å²) in [5.74, 6) is 0.913. The molecule has 25 heavy (non-hydrogen) atoms. The molecule has 1 aliphatic carbocycles. The van der Waals surface area contributed by atoms with E-state index in [0.29, 0.717) is 23.7 Å². The zero-order valence-electron chi connectivity index (χ0n) is 14.8. The number of hydrogen-bond donors (Lipinski definition) is 2. The van der Waals surface area contributed by atoms with E-state index in [1.165, 1.54) is 12.8 Å². The van der Waals surface area contributed by atoms with Gasteiger partial charge >= 0.3 is 0 Å². The Kier molecular flexibility index (Phi) is 7.26. The summed E-state index contributed by atoms with van der Waals surface area (Å²) in [5, 5.41) is 6.44. The molecule has 2 fully saturated rings. The molecule has 5 nitrogen and oxygen atoms in total. The van der Waals surface area contributed by atoms with Gasteiger partial charge in [-0.25, -0.2) is 0 Å². The molecule has 0 spiro atoms. The topological polar surface area (TPSA) is 61.4 Å². The molecule has 2 N–H and O–H groups in total. The maximum absolute atomic E-state index is 12.7. The molecule has 2 amide bonds. The molecule has 1 aliphatic heterocycles. The third-order valence-electron chi connectivity index (χ3n) is 4.89. The van der Waals surface area contributed by atoms with Crippen molar-refractivity contribution in [2.75, 3.05) is 25.0 Å². The highest BCUT2D eigenvalue weighted by atomic mass is 35.5. The molecule has 1 saturated heterocycles. The van der Waals surface area contributed by atoms with E-state index in [4.69, 9.17) is 0 Å². The van der Waals surface area contributed by atoms with Crippen molar-refractivity contribution in [3.05, 3.63) is 29.8 Å². The van der Waals surface area contributed by atoms with Crippen molar-refractivity contribution >= 4 is 29.9 Å². The number of halogens is 1. The fourth-order valence-electron chi connectivity index (χ4n) is 3.10. The second kappa shape index (κ2) is 9.20. The third kappa shape index (κ3) is 5.72. The standard InChI is InChI=1S/C19H27N3O2.ClH/c1-2-18(23)21-17-5-3-4-15(12-17)19(24)22-10-8-16(9-11-22)20-13-14-6-7-14;/h3-5,12,14,16,20H,2,6-11,13H2,1H3,(H,21,23);1H. The maximum Gasteiger partial charge on any atom is 0.253 e. The van der Waals surface area contributed by atoms with Crippen LogP contribution in [-0.4, -0.2) is 42.4 Å². The lowest BCUT2D eigenvalue weighted by molar-refractivity contribution is -0.115. The van der Waals surface area contributed by atoms with Crippen molar-refractivity contribution in [3.63, 3.8) is 0 Å². The van der Waals surface area contributed by atoms with Crippen molar-refractivity contribution in [2.24, 2.45) is 5.92 Å². The van der Waals surface area contributed by atoms with Crippen LogP contribution in [0.2, 0.25) is 0 Å². The summed E-state index contributed by atoms with van der Waals surface area (Å²) in [6.45, 7) is 4.54. The van der Waals surface area contributed by atoms with Gasteiger partial charge in [-0.1, -0.05) is 13.0 Å². The van der Waals surface area contributed by atoms with Crippen LogP contribution in [0.1, 0.15) is 49.4 Å². The largest absolute Gasteiger partial charge is 0.339 e. The Bertz CT molecular complexity index is 596. The molecule has 0 atom stereocenters. The molecule has 2 aliphatic rings. The van der Waals surface area contributed by atoms with Crippen LogP contribution in [0.5, 0.6) is 0 Å². The Morgan fingerprint density at radius 3 is 2.52 bits per heavy atom. The summed E-state index contributed by atoms with van der Waals surface area (Å²) in [5.41, 5.74) is 1.34. The van der Waals surface area contributed by atoms with E-state index in [9.17, 15) is 9.59 Å². The average molecular weight is 366 g/mol. The molecule has 1 aromatic rings. The summed E-state index contributed by atoms with van der Waals surface area (Å²) < 4.78 is 0. The van der Waals surface area contributed by atoms with Crippen LogP contribution in [0.25, 0.3) is 0 Å². The van der Waals surface area contributed by atoms with Crippen LogP contribution in [0, 0.1) is 5.92 Å². The van der Waals surface area contributed by atoms with Crippen molar-refractivity contribution < 1.29 is 9.59 Å². The molecule has 1 heterocycles. The number of benzene rings is 1. The molecule has 0 aromatic heterocycles. The van der Waals surface area contributed by atoms with E-state index < -0.39 is 0 Å². The molecule has 1 aromatic carbocycles. The number of hydrogen-bond acceptors (Lipinski definition) is 3. The highest BCUT2D eigenvalue weighted by Crippen LogP contribution is 2.28. The SMILES string of the molecule is CCC(=O)Nc1cccc(C(=O)N2CCC(NCC3CC3)CC2)c1.Cl. The van der Waals surface area contributed by atoms with Crippen LogP contribution in [0.3, 0.4) is 0 Å². The predicted octanol–water partition coefficient (Wildman–Crippen LogP) is 3.06. The van der Waals surface area contributed by atoms with Crippen molar-refractivity contribution in [3.8, 4) is 0 Å². The molecule has 0 unspecified atom stereocenters. The van der Waals surface area contributed by atoms with Crippen LogP contribution in [-0.2, 0) is 4.79 Å². The monoisotopic (exact) mass is 365 g/mol. The Morgan fingerprint density at radius 1 is 1.16 bits per heavy atom. The second-order valence-electron chi connectivity index (χ2n) is 6.90. The summed E-state index contributed by atoms with van der Waals surface area (Å²) in [6, 6.07) is 7.78. The number of likely N-dealkylation sites (tertiary alicyclic amines) is 1. The van der Waals surface area contributed by atoms with Gasteiger partial charge < -0.3 is 15.5 Å². The fourth-order valence-corrected chi connectivity index (χ4v) is 3.10. The number of rotatable bonds is 6. The quantitative estimate of drug-likeness (QED) is 0.814. The third-order valence-corrected chi connectivity index (χ3v) is 4.89. The zero-order chi connectivity index (χ0) is 16.9. The molecular formula is C19H28ClN3O2. The molecule has 0 bridgehead atoms. The predicted molar refractivity (Wildman–Crippen MR) is 102 cm³/mol. The number of amides is 2. The first kappa shape index (κ1) is 19.7. The smallest absolute Gasteiger partial charge is 0.253 e. The Hall–Kier alpha value is -1.59. The van der Waals surface area contributed by atoms with Crippen molar-refractivity contribution in [1.29, 1.82) is 0 Å². The first-order chi connectivity index (χ1) is 11.7. The highest BCUT2D eigenvalue weighted by molar-refractivity contribution is 5.97. The molecule has 138 valence electrons. The lowest BCUT2D eigenvalue weighted by atomic mass is 10.0. The van der Waals surface area contributed by atoms with Gasteiger partial charge in [-0.3, -0.25) is 9.59 Å². The lowest BCUT2D eigenvalue weighted by Crippen LogP contribution is -2.45. The maximum atomic E-state index is 12.7. The van der Waals surface area contributed by atoms with E-state index in [-0.39, 0.29) is 24.2 Å². The van der Waals surface area contributed by atoms with E-state index in [2.05, 4.69) is 10.6 Å². The fraction of sp³-hybridized carbons (Fsp3) is 0.579. The van der Waals surface area contributed by atoms with Gasteiger partial charge in [0.25, 0.3) is 5.91 Å². The van der Waals surface area contributed by atoms with Crippen LogP contribution < -0.4 is 10.6 Å². The average Bonchev–Trinajstić information content (AvgIpc) is 3.44. The molecule has 0 radical (unpaired) electrons. The Morgan fingerprint density at radius 2 is 1.88 bits per heavy atom. The number of nitrogens with one attached hydrogen (secondary N) is 2. The summed E-state index contributed by atoms with van der Waals surface area (Å²) >= 11 is 0. The van der Waals surface area contributed by atoms with Gasteiger partial charge in [0.05, 0.1) is 0 Å². The number of piperidine rings is 1. The van der Waals surface area contributed by atoms with Crippen LogP contribution >= 0.6 is 12.4 Å². The van der Waals surface area contributed by atoms with Gasteiger partial charge in [0.15, 0.2) is 0 Å². The first-order valence-corrected chi connectivity index (χ1v) is 9.08. The van der Waals surface area contributed by atoms with E-state index in [0.717, 1.165) is 38.4 Å². The molecule has 6 heteroatoms. The van der Waals surface area contributed by atoms with Gasteiger partial charge in [0.2, 0.25) is 5.91 Å². The molecule has 1 saturated carbocycles. The molecule has 3 rings (SSSR count). The number of nitrogens with zero attached hydrogens (tertiary/aromatic N) is 1. The summed E-state index contributed by atoms with van der Waals surface area (Å²) in [6.07, 6.45) is 5.21. The lowest BCUT2D eigenvalue weighted by Gasteiger charge is -2.32. The second-order valence-corrected chi connectivity index (χ2v) is 6.90. The van der Waals surface area contributed by atoms with Crippen molar-refractivity contribution in [2.45, 2.75) is 45.1 Å². The van der Waals surface area contributed by atoms with E-state index in [1.54, 1.807) is 6.07 Å². The minimum Gasteiger partial charge on any atom is -0.339 e. The first-order valence-electron chi connectivity index (χ1n) is 9.08. The van der Waals surface area contributed by atoms with Crippen molar-refractivity contribution in [1.82, 2.24) is 10.2 Å². The Balaban J connectivity index is 0.00000225. The minimum absolute atomic E-state index is 0. The number of carbonyl (C=O) groups excluding carboxylic acids is 2. The van der Waals surface area contributed by atoms with Crippen LogP contribution in [0.15, 0.2) is 24.3 Å². The normalized spacial score (nSPS) is 17.7. The van der Waals surface area contributed by atoms with Gasteiger partial charge in [-0.15, -0.1) is 12.4 Å². The summed E-state index contributed by atoms with van der Waals surface area (Å²) in [4.78, 5) is 26.1. The Labute approximate surface area is 155 Å². The van der Waals surface area contributed by atoms with Gasteiger partial charge in [-0.2, -0.15) is 0 Å². The van der Waals surface area contributed by atoms with Gasteiger partial charge in [0, 0.05) is 36.8 Å².